The van der Waals surface area contributed by atoms with Gasteiger partial charge in [0.2, 0.25) is 0 Å². The van der Waals surface area contributed by atoms with Crippen LogP contribution in [-0.2, 0) is 4.79 Å². The normalized spacial score (nSPS) is 14.5. The van der Waals surface area contributed by atoms with Gasteiger partial charge in [0.05, 0.1) is 0 Å². The molecule has 0 bridgehead atoms. The average Bonchev–Trinajstić information content (AvgIpc) is 2.32. The van der Waals surface area contributed by atoms with Gasteiger partial charge in [0.25, 0.3) is 5.78 Å². The van der Waals surface area contributed by atoms with Crippen LogP contribution in [0, 0.1) is 0 Å². The van der Waals surface area contributed by atoms with Crippen LogP contribution in [0.15, 0.2) is 11.1 Å². The van der Waals surface area contributed by atoms with Crippen LogP contribution in [0.5, 0.6) is 0 Å². The van der Waals surface area contributed by atoms with Crippen LogP contribution in [0.3, 0.4) is 0 Å². The van der Waals surface area contributed by atoms with Crippen LogP contribution < -0.4 is 0 Å². The summed E-state index contributed by atoms with van der Waals surface area (Å²) >= 11 is 9.75. The van der Waals surface area contributed by atoms with E-state index in [0.717, 1.165) is 0 Å². The third-order valence-electron chi connectivity index (χ3n) is 1.78. The summed E-state index contributed by atoms with van der Waals surface area (Å²) in [6, 6.07) is 0. The van der Waals surface area contributed by atoms with Gasteiger partial charge >= 0.3 is 30.1 Å². The summed E-state index contributed by atoms with van der Waals surface area (Å²) in [5.74, 6) is -12.2. The van der Waals surface area contributed by atoms with E-state index in [1.165, 1.54) is 11.1 Å². The van der Waals surface area contributed by atoms with Gasteiger partial charge in [0, 0.05) is 11.1 Å². The maximum absolute atomic E-state index is 12.6. The Morgan fingerprint density at radius 2 is 0.870 bits per heavy atom. The molecule has 0 N–H and O–H groups in total. The highest BCUT2D eigenvalue weighted by Crippen LogP contribution is 2.51. The molecule has 0 aromatic rings. The molecule has 0 aromatic carbocycles. The Morgan fingerprint density at radius 1 is 0.609 bits per heavy atom. The summed E-state index contributed by atoms with van der Waals surface area (Å²) in [7, 11) is 0. The number of carbonyl (C=O) groups is 1. The molecule has 0 spiro atoms. The van der Waals surface area contributed by atoms with Gasteiger partial charge in [0.15, 0.2) is 0 Å². The molecule has 0 unspecified atom stereocenters. The highest BCUT2D eigenvalue weighted by Gasteiger charge is 2.84. The van der Waals surface area contributed by atoms with E-state index in [1.807, 2.05) is 0 Å². The van der Waals surface area contributed by atoms with Gasteiger partial charge < -0.3 is 0 Å². The van der Waals surface area contributed by atoms with Crippen LogP contribution in [0.25, 0.3) is 0 Å². The van der Waals surface area contributed by atoms with Gasteiger partial charge in [-0.25, -0.2) is 4.39 Å². The van der Waals surface area contributed by atoms with Crippen molar-refractivity contribution in [3.8, 4) is 0 Å². The monoisotopic (exact) mass is 412 g/mol. The summed E-state index contributed by atoms with van der Waals surface area (Å²) in [5, 5.41) is 0. The Bertz CT molecular complexity index is 414. The molecule has 15 heteroatoms. The van der Waals surface area contributed by atoms with Gasteiger partial charge in [-0.3, -0.25) is 4.79 Å². The number of Topliss-reactive ketones (excluding diaryl/α,β-unsaturated/α-hetero) is 1. The fraction of sp³-hybridized carbons (Fsp3) is 0.625. The number of halogens is 14. The van der Waals surface area contributed by atoms with Gasteiger partial charge in [-0.2, -0.15) is 48.3 Å². The topological polar surface area (TPSA) is 17.1 Å². The molecule has 0 amide bonds. The van der Waals surface area contributed by atoms with Gasteiger partial charge in [-0.05, 0) is 0 Å². The first-order chi connectivity index (χ1) is 9.82. The van der Waals surface area contributed by atoms with E-state index in [1.54, 1.807) is 0 Å². The van der Waals surface area contributed by atoms with E-state index < -0.39 is 35.9 Å². The molecule has 138 valence electrons. The number of ketones is 1. The Morgan fingerprint density at radius 3 is 1.00 bits per heavy atom. The smallest absolute Gasteiger partial charge is 0.288 e. The first-order valence-corrected chi connectivity index (χ1v) is 5.36. The average molecular weight is 413 g/mol. The minimum absolute atomic E-state index is 1.24. The molecule has 0 saturated carbocycles. The molecule has 0 rings (SSSR count). The molecule has 0 fully saturated rings. The van der Waals surface area contributed by atoms with Gasteiger partial charge in [-0.15, -0.1) is 0 Å². The fourth-order valence-electron chi connectivity index (χ4n) is 0.763. The summed E-state index contributed by atoms with van der Waals surface area (Å²) in [5.41, 5.74) is -4.86. The number of hydrogen-bond acceptors (Lipinski definition) is 1. The Balaban J connectivity index is 0. The standard InChI is InChI=1S/C6F12O.C2H2Cl2/c7-2(4(10,11)12,5(13,14)15)1(19)3(8,9)6(16,17)18;3-1-2-4/h;1-2H/b;2-1+. The lowest BCUT2D eigenvalue weighted by Crippen LogP contribution is -2.66. The fourth-order valence-corrected chi connectivity index (χ4v) is 0.763. The van der Waals surface area contributed by atoms with Gasteiger partial charge in [-0.1, -0.05) is 23.2 Å². The largest absolute Gasteiger partial charge is 0.461 e. The van der Waals surface area contributed by atoms with Crippen LogP contribution in [0.4, 0.5) is 52.7 Å². The lowest BCUT2D eigenvalue weighted by atomic mass is 9.93. The highest BCUT2D eigenvalue weighted by atomic mass is 35.5. The van der Waals surface area contributed by atoms with Gasteiger partial charge in [0.1, 0.15) is 0 Å². The molecule has 0 aromatic heterocycles. The van der Waals surface area contributed by atoms with E-state index in [0.29, 0.717) is 0 Å². The third-order valence-corrected chi connectivity index (χ3v) is 2.16. The van der Waals surface area contributed by atoms with Crippen LogP contribution in [0.2, 0.25) is 0 Å². The summed E-state index contributed by atoms with van der Waals surface area (Å²) < 4.78 is 142. The molecule has 0 atom stereocenters. The molecular formula is C8H2Cl2F12O. The number of carbonyl (C=O) groups excluding carboxylic acids is 1. The second-order valence-electron chi connectivity index (χ2n) is 3.31. The van der Waals surface area contributed by atoms with Crippen molar-refractivity contribution in [3.05, 3.63) is 11.1 Å². The van der Waals surface area contributed by atoms with Crippen molar-refractivity contribution in [3.63, 3.8) is 0 Å². The molecule has 23 heavy (non-hydrogen) atoms. The molecule has 0 aliphatic heterocycles. The Hall–Kier alpha value is -0.850. The zero-order valence-corrected chi connectivity index (χ0v) is 11.4. The van der Waals surface area contributed by atoms with E-state index >= 15 is 0 Å². The second-order valence-corrected chi connectivity index (χ2v) is 3.81. The molecule has 1 nitrogen and oxygen atoms in total. The molecular weight excluding hydrogens is 411 g/mol. The lowest BCUT2D eigenvalue weighted by Gasteiger charge is -2.31. The first kappa shape index (κ1) is 24.4. The van der Waals surface area contributed by atoms with E-state index in [2.05, 4.69) is 0 Å². The second kappa shape index (κ2) is 7.36. The molecule has 0 saturated heterocycles. The highest BCUT2D eigenvalue weighted by molar-refractivity contribution is 6.33. The first-order valence-electron chi connectivity index (χ1n) is 4.49. The van der Waals surface area contributed by atoms with E-state index in [4.69, 9.17) is 23.2 Å². The van der Waals surface area contributed by atoms with Crippen molar-refractivity contribution < 1.29 is 57.5 Å². The minimum atomic E-state index is -7.34. The maximum Gasteiger partial charge on any atom is 0.461 e. The number of rotatable bonds is 2. The summed E-state index contributed by atoms with van der Waals surface area (Å²) in [6.45, 7) is 0. The van der Waals surface area contributed by atoms with Crippen molar-refractivity contribution in [2.24, 2.45) is 0 Å². The van der Waals surface area contributed by atoms with E-state index in [9.17, 15) is 57.5 Å². The summed E-state index contributed by atoms with van der Waals surface area (Å²) in [4.78, 5) is 10.1. The van der Waals surface area contributed by atoms with E-state index in [-0.39, 0.29) is 0 Å². The van der Waals surface area contributed by atoms with Crippen LogP contribution in [0.1, 0.15) is 0 Å². The number of alkyl halides is 12. The van der Waals surface area contributed by atoms with Crippen molar-refractivity contribution in [2.45, 2.75) is 30.1 Å². The molecule has 0 aliphatic carbocycles. The van der Waals surface area contributed by atoms with Crippen molar-refractivity contribution >= 4 is 29.0 Å². The minimum Gasteiger partial charge on any atom is -0.288 e. The third kappa shape index (κ3) is 5.06. The summed E-state index contributed by atoms with van der Waals surface area (Å²) in [6.07, 6.45) is -21.8. The van der Waals surface area contributed by atoms with Crippen LogP contribution in [-0.4, -0.2) is 35.9 Å². The SMILES string of the molecule is Cl/C=C/Cl.O=C(C(F)(F)C(F)(F)F)C(F)(C(F)(F)F)C(F)(F)F. The lowest BCUT2D eigenvalue weighted by molar-refractivity contribution is -0.342. The number of hydrogen-bond donors (Lipinski definition) is 0. The predicted octanol–water partition coefficient (Wildman–Crippen LogP) is 5.52. The Labute approximate surface area is 128 Å². The zero-order chi connectivity index (χ0) is 19.5. The zero-order valence-electron chi connectivity index (χ0n) is 9.85. The maximum atomic E-state index is 12.6. The van der Waals surface area contributed by atoms with Crippen molar-refractivity contribution in [1.82, 2.24) is 0 Å². The quantitative estimate of drug-likeness (QED) is 0.545. The van der Waals surface area contributed by atoms with Crippen LogP contribution >= 0.6 is 23.2 Å². The Kier molecular flexibility index (Phi) is 7.81. The molecule has 0 radical (unpaired) electrons. The van der Waals surface area contributed by atoms with Crippen molar-refractivity contribution in [1.29, 1.82) is 0 Å². The molecule has 0 aliphatic rings. The van der Waals surface area contributed by atoms with Crippen molar-refractivity contribution in [2.75, 3.05) is 0 Å². The molecule has 0 heterocycles. The predicted molar refractivity (Wildman–Crippen MR) is 52.8 cm³/mol.